The molecule has 76 valence electrons. The molecule has 0 aromatic heterocycles. The first-order valence-electron chi connectivity index (χ1n) is 4.85. The molecule has 1 aliphatic rings. The number of rotatable bonds is 4. The summed E-state index contributed by atoms with van der Waals surface area (Å²) < 4.78 is 5.30. The Morgan fingerprint density at radius 3 is 2.85 bits per heavy atom. The Balaban J connectivity index is 2.45. The van der Waals surface area contributed by atoms with Gasteiger partial charge in [0.2, 0.25) is 0 Å². The first-order chi connectivity index (χ1) is 6.29. The molecule has 0 radical (unpaired) electrons. The van der Waals surface area contributed by atoms with Gasteiger partial charge in [0.15, 0.2) is 0 Å². The van der Waals surface area contributed by atoms with Crippen LogP contribution in [0.3, 0.4) is 0 Å². The molecule has 13 heavy (non-hydrogen) atoms. The van der Waals surface area contributed by atoms with E-state index in [9.17, 15) is 4.79 Å². The Kier molecular flexibility index (Phi) is 4.18. The van der Waals surface area contributed by atoms with Gasteiger partial charge in [-0.25, -0.2) is 5.06 Å². The van der Waals surface area contributed by atoms with Crippen LogP contribution in [0.25, 0.3) is 0 Å². The van der Waals surface area contributed by atoms with Crippen LogP contribution in [0.2, 0.25) is 0 Å². The number of carbonyl (C=O) groups excluding carboxylic acids is 1. The third kappa shape index (κ3) is 2.67. The van der Waals surface area contributed by atoms with Crippen molar-refractivity contribution in [1.29, 1.82) is 0 Å². The van der Waals surface area contributed by atoms with Crippen LogP contribution in [-0.2, 0) is 14.4 Å². The van der Waals surface area contributed by atoms with Gasteiger partial charge in [-0.2, -0.15) is 0 Å². The van der Waals surface area contributed by atoms with E-state index in [-0.39, 0.29) is 12.0 Å². The van der Waals surface area contributed by atoms with Gasteiger partial charge in [-0.15, -0.1) is 0 Å². The van der Waals surface area contributed by atoms with Gasteiger partial charge in [0.25, 0.3) is 5.91 Å². The Hall–Kier alpha value is -0.610. The molecule has 4 nitrogen and oxygen atoms in total. The number of amides is 1. The minimum atomic E-state index is -0.287. The highest BCUT2D eigenvalue weighted by atomic mass is 16.7. The number of ether oxygens (including phenoxy) is 1. The fourth-order valence-electron chi connectivity index (χ4n) is 1.45. The fourth-order valence-corrected chi connectivity index (χ4v) is 1.45. The molecule has 1 aliphatic heterocycles. The highest BCUT2D eigenvalue weighted by molar-refractivity contribution is 5.80. The van der Waals surface area contributed by atoms with E-state index in [1.807, 2.05) is 13.8 Å². The summed E-state index contributed by atoms with van der Waals surface area (Å²) in [6.07, 6.45) is 1.48. The highest BCUT2D eigenvalue weighted by Gasteiger charge is 2.29. The summed E-state index contributed by atoms with van der Waals surface area (Å²) in [5.41, 5.74) is 0. The molecule has 0 spiro atoms. The number of hydroxylamine groups is 2. The minimum Gasteiger partial charge on any atom is -0.369 e. The van der Waals surface area contributed by atoms with Crippen LogP contribution in [0.5, 0.6) is 0 Å². The summed E-state index contributed by atoms with van der Waals surface area (Å²) in [4.78, 5) is 16.8. The number of nitrogens with zero attached hydrogens (tertiary/aromatic N) is 1. The van der Waals surface area contributed by atoms with Crippen LogP contribution >= 0.6 is 0 Å². The quantitative estimate of drug-likeness (QED) is 0.658. The maximum absolute atomic E-state index is 11.6. The average Bonchev–Trinajstić information content (AvgIpc) is 2.13. The Bertz CT molecular complexity index is 152. The lowest BCUT2D eigenvalue weighted by Crippen LogP contribution is -2.45. The van der Waals surface area contributed by atoms with Crippen molar-refractivity contribution in [3.05, 3.63) is 0 Å². The zero-order chi connectivity index (χ0) is 9.68. The van der Waals surface area contributed by atoms with Crippen molar-refractivity contribution in [3.63, 3.8) is 0 Å². The van der Waals surface area contributed by atoms with Gasteiger partial charge in [0.05, 0.1) is 6.61 Å². The van der Waals surface area contributed by atoms with Gasteiger partial charge in [-0.05, 0) is 26.7 Å². The van der Waals surface area contributed by atoms with Gasteiger partial charge in [0, 0.05) is 13.2 Å². The van der Waals surface area contributed by atoms with E-state index < -0.39 is 0 Å². The number of hydrogen-bond donors (Lipinski definition) is 0. The summed E-state index contributed by atoms with van der Waals surface area (Å²) >= 11 is 0. The summed E-state index contributed by atoms with van der Waals surface area (Å²) in [5.74, 6) is -0.0325. The van der Waals surface area contributed by atoms with Crippen molar-refractivity contribution in [3.8, 4) is 0 Å². The molecule has 4 heteroatoms. The Morgan fingerprint density at radius 2 is 2.23 bits per heavy atom. The number of piperidine rings is 1. The molecule has 1 rings (SSSR count). The van der Waals surface area contributed by atoms with Gasteiger partial charge in [-0.3, -0.25) is 9.63 Å². The maximum Gasteiger partial charge on any atom is 0.275 e. The predicted molar refractivity (Wildman–Crippen MR) is 48.0 cm³/mol. The molecule has 1 atom stereocenters. The summed E-state index contributed by atoms with van der Waals surface area (Å²) in [5, 5.41) is 1.42. The second kappa shape index (κ2) is 5.19. The zero-order valence-electron chi connectivity index (χ0n) is 8.28. The van der Waals surface area contributed by atoms with Crippen LogP contribution in [0, 0.1) is 0 Å². The first kappa shape index (κ1) is 10.5. The van der Waals surface area contributed by atoms with Crippen LogP contribution in [-0.4, -0.2) is 36.8 Å². The smallest absolute Gasteiger partial charge is 0.275 e. The fraction of sp³-hybridized carbons (Fsp3) is 0.889. The molecule has 1 fully saturated rings. The third-order valence-corrected chi connectivity index (χ3v) is 2.00. The van der Waals surface area contributed by atoms with E-state index in [4.69, 9.17) is 9.57 Å². The van der Waals surface area contributed by atoms with Gasteiger partial charge < -0.3 is 4.74 Å². The SMILES string of the molecule is CCOC1CCCN(OCC)C1=O. The monoisotopic (exact) mass is 187 g/mol. The predicted octanol–water partition coefficient (Wildman–Crippen LogP) is 0.965. The second-order valence-corrected chi connectivity index (χ2v) is 2.94. The maximum atomic E-state index is 11.6. The summed E-state index contributed by atoms with van der Waals surface area (Å²) in [6, 6.07) is 0. The van der Waals surface area contributed by atoms with Crippen LogP contribution in [0.15, 0.2) is 0 Å². The van der Waals surface area contributed by atoms with E-state index in [0.717, 1.165) is 12.8 Å². The van der Waals surface area contributed by atoms with Crippen molar-refractivity contribution in [2.75, 3.05) is 19.8 Å². The molecular formula is C9H17NO3. The largest absolute Gasteiger partial charge is 0.369 e. The minimum absolute atomic E-state index is 0.0325. The molecular weight excluding hydrogens is 170 g/mol. The van der Waals surface area contributed by atoms with E-state index in [0.29, 0.717) is 19.8 Å². The van der Waals surface area contributed by atoms with E-state index in [2.05, 4.69) is 0 Å². The molecule has 0 aromatic rings. The zero-order valence-corrected chi connectivity index (χ0v) is 8.28. The highest BCUT2D eigenvalue weighted by Crippen LogP contribution is 2.14. The van der Waals surface area contributed by atoms with Crippen molar-refractivity contribution in [2.24, 2.45) is 0 Å². The second-order valence-electron chi connectivity index (χ2n) is 2.94. The third-order valence-electron chi connectivity index (χ3n) is 2.00. The molecule has 1 unspecified atom stereocenters. The standard InChI is InChI=1S/C9H17NO3/c1-3-12-8-6-5-7-10(9(8)11)13-4-2/h8H,3-7H2,1-2H3. The van der Waals surface area contributed by atoms with E-state index in [1.54, 1.807) is 0 Å². The Labute approximate surface area is 78.8 Å². The lowest BCUT2D eigenvalue weighted by molar-refractivity contribution is -0.203. The normalized spacial score (nSPS) is 23.7. The van der Waals surface area contributed by atoms with Crippen molar-refractivity contribution >= 4 is 5.91 Å². The lowest BCUT2D eigenvalue weighted by atomic mass is 10.1. The molecule has 0 aromatic carbocycles. The molecule has 1 heterocycles. The summed E-state index contributed by atoms with van der Waals surface area (Å²) in [6.45, 7) is 5.57. The van der Waals surface area contributed by atoms with Crippen LogP contribution in [0.1, 0.15) is 26.7 Å². The van der Waals surface area contributed by atoms with Gasteiger partial charge in [0.1, 0.15) is 6.10 Å². The number of hydrogen-bond acceptors (Lipinski definition) is 3. The van der Waals surface area contributed by atoms with E-state index >= 15 is 0 Å². The molecule has 0 N–H and O–H groups in total. The van der Waals surface area contributed by atoms with Crippen LogP contribution < -0.4 is 0 Å². The van der Waals surface area contributed by atoms with Gasteiger partial charge in [-0.1, -0.05) is 0 Å². The van der Waals surface area contributed by atoms with Crippen molar-refractivity contribution < 1.29 is 14.4 Å². The Morgan fingerprint density at radius 1 is 1.46 bits per heavy atom. The molecule has 0 aliphatic carbocycles. The topological polar surface area (TPSA) is 38.8 Å². The lowest BCUT2D eigenvalue weighted by Gasteiger charge is -2.30. The molecule has 1 amide bonds. The number of carbonyl (C=O) groups is 1. The molecule has 0 saturated carbocycles. The molecule has 0 bridgehead atoms. The average molecular weight is 187 g/mol. The summed E-state index contributed by atoms with van der Waals surface area (Å²) in [7, 11) is 0. The first-order valence-corrected chi connectivity index (χ1v) is 4.85. The van der Waals surface area contributed by atoms with E-state index in [1.165, 1.54) is 5.06 Å². The van der Waals surface area contributed by atoms with Gasteiger partial charge >= 0.3 is 0 Å². The molecule has 1 saturated heterocycles. The van der Waals surface area contributed by atoms with Crippen molar-refractivity contribution in [2.45, 2.75) is 32.8 Å². The van der Waals surface area contributed by atoms with Crippen molar-refractivity contribution in [1.82, 2.24) is 5.06 Å². The van der Waals surface area contributed by atoms with Crippen LogP contribution in [0.4, 0.5) is 0 Å².